The van der Waals surface area contributed by atoms with Gasteiger partial charge in [-0.3, -0.25) is 4.79 Å². The molecule has 0 bridgehead atoms. The fraction of sp³-hybridized carbons (Fsp3) is 0.130. The summed E-state index contributed by atoms with van der Waals surface area (Å²) in [5, 5.41) is 10.3. The highest BCUT2D eigenvalue weighted by molar-refractivity contribution is 7.91. The first-order valence-electron chi connectivity index (χ1n) is 9.98. The maximum absolute atomic E-state index is 12.8. The van der Waals surface area contributed by atoms with E-state index >= 15 is 0 Å². The van der Waals surface area contributed by atoms with Gasteiger partial charge in [0.2, 0.25) is 0 Å². The molecule has 7 nitrogen and oxygen atoms in total. The minimum absolute atomic E-state index is 0.105. The minimum atomic E-state index is -4.45. The number of nitrogens with one attached hydrogen (secondary N) is 2. The van der Waals surface area contributed by atoms with Crippen LogP contribution in [-0.4, -0.2) is 35.5 Å². The average molecular weight is 520 g/mol. The highest BCUT2D eigenvalue weighted by Crippen LogP contribution is 2.29. The Morgan fingerprint density at radius 1 is 1.14 bits per heavy atom. The monoisotopic (exact) mass is 519 g/mol. The second-order valence-electron chi connectivity index (χ2n) is 7.37. The number of H-pyrrole nitrogens is 1. The first kappa shape index (κ1) is 24.5. The van der Waals surface area contributed by atoms with Gasteiger partial charge in [0, 0.05) is 29.8 Å². The maximum Gasteiger partial charge on any atom is 0.416 e. The Morgan fingerprint density at radius 2 is 1.89 bits per heavy atom. The van der Waals surface area contributed by atoms with Crippen LogP contribution in [0.5, 0.6) is 0 Å². The van der Waals surface area contributed by atoms with Crippen molar-refractivity contribution in [3.05, 3.63) is 82.5 Å². The van der Waals surface area contributed by atoms with Crippen molar-refractivity contribution in [3.8, 4) is 11.8 Å². The van der Waals surface area contributed by atoms with Crippen LogP contribution in [0, 0.1) is 11.8 Å². The number of thiophene rings is 1. The predicted molar refractivity (Wildman–Crippen MR) is 123 cm³/mol. The molecule has 12 heteroatoms. The second-order valence-corrected chi connectivity index (χ2v) is 10.4. The van der Waals surface area contributed by atoms with Crippen LogP contribution < -0.4 is 4.72 Å². The number of pyridine rings is 1. The zero-order valence-electron chi connectivity index (χ0n) is 17.6. The number of nitrogens with zero attached hydrogens (tertiary/aromatic N) is 1. The van der Waals surface area contributed by atoms with Crippen molar-refractivity contribution in [1.82, 2.24) is 14.7 Å². The number of aromatic amines is 1. The molecule has 3 N–H and O–H groups in total. The number of benzene rings is 1. The minimum Gasteiger partial charge on any atom is -0.480 e. The summed E-state index contributed by atoms with van der Waals surface area (Å²) >= 11 is 0.818. The lowest BCUT2D eigenvalue weighted by Gasteiger charge is -2.13. The normalized spacial score (nSPS) is 12.8. The predicted octanol–water partition coefficient (Wildman–Crippen LogP) is 4.02. The number of carboxylic acid groups (broad SMARTS) is 1. The third-order valence-electron chi connectivity index (χ3n) is 4.94. The molecule has 1 aromatic carbocycles. The zero-order valence-corrected chi connectivity index (χ0v) is 19.3. The molecular weight excluding hydrogens is 503 g/mol. The van der Waals surface area contributed by atoms with Gasteiger partial charge in [-0.05, 0) is 54.1 Å². The number of hydrogen-bond acceptors (Lipinski definition) is 5. The number of halogens is 3. The Morgan fingerprint density at radius 3 is 2.57 bits per heavy atom. The molecule has 35 heavy (non-hydrogen) atoms. The molecule has 0 aliphatic heterocycles. The fourth-order valence-electron chi connectivity index (χ4n) is 3.23. The summed E-state index contributed by atoms with van der Waals surface area (Å²) in [5.74, 6) is 4.05. The molecule has 0 aliphatic carbocycles. The van der Waals surface area contributed by atoms with Gasteiger partial charge >= 0.3 is 12.1 Å². The van der Waals surface area contributed by atoms with E-state index in [1.807, 2.05) is 0 Å². The molecule has 180 valence electrons. The zero-order chi connectivity index (χ0) is 25.2. The van der Waals surface area contributed by atoms with Gasteiger partial charge in [0.1, 0.15) is 15.9 Å². The fourth-order valence-corrected chi connectivity index (χ4v) is 5.60. The van der Waals surface area contributed by atoms with E-state index in [0.29, 0.717) is 27.0 Å². The molecule has 0 saturated heterocycles. The van der Waals surface area contributed by atoms with Gasteiger partial charge in [0.15, 0.2) is 0 Å². The lowest BCUT2D eigenvalue weighted by Crippen LogP contribution is -2.41. The second kappa shape index (κ2) is 9.53. The van der Waals surface area contributed by atoms with Gasteiger partial charge in [-0.2, -0.15) is 17.9 Å². The number of aliphatic carboxylic acids is 1. The van der Waals surface area contributed by atoms with Crippen LogP contribution >= 0.6 is 11.3 Å². The van der Waals surface area contributed by atoms with E-state index in [4.69, 9.17) is 0 Å². The van der Waals surface area contributed by atoms with Crippen LogP contribution in [0.4, 0.5) is 13.2 Å². The molecule has 0 radical (unpaired) electrons. The van der Waals surface area contributed by atoms with Crippen LogP contribution in [0.2, 0.25) is 0 Å². The lowest BCUT2D eigenvalue weighted by atomic mass is 10.1. The van der Waals surface area contributed by atoms with E-state index < -0.39 is 33.8 Å². The van der Waals surface area contributed by atoms with Crippen LogP contribution in [0.1, 0.15) is 21.6 Å². The first-order valence-corrected chi connectivity index (χ1v) is 12.3. The molecule has 0 fully saturated rings. The third kappa shape index (κ3) is 5.71. The van der Waals surface area contributed by atoms with E-state index in [2.05, 4.69) is 26.5 Å². The highest BCUT2D eigenvalue weighted by atomic mass is 32.2. The van der Waals surface area contributed by atoms with Crippen molar-refractivity contribution in [1.29, 1.82) is 0 Å². The summed E-state index contributed by atoms with van der Waals surface area (Å²) in [6.07, 6.45) is -1.39. The summed E-state index contributed by atoms with van der Waals surface area (Å²) in [7, 11) is -4.18. The van der Waals surface area contributed by atoms with Crippen molar-refractivity contribution in [2.75, 3.05) is 0 Å². The van der Waals surface area contributed by atoms with Crippen LogP contribution in [0.15, 0.2) is 65.1 Å². The number of hydrogen-bond donors (Lipinski definition) is 3. The molecule has 1 atom stereocenters. The molecule has 0 saturated carbocycles. The highest BCUT2D eigenvalue weighted by Gasteiger charge is 2.30. The van der Waals surface area contributed by atoms with Gasteiger partial charge in [-0.25, -0.2) is 13.4 Å². The molecular formula is C23H16F3N3O4S2. The number of aromatic nitrogens is 2. The number of fused-ring (bicyclic) bond motifs is 1. The van der Waals surface area contributed by atoms with Crippen LogP contribution in [-0.2, 0) is 27.4 Å². The summed E-state index contributed by atoms with van der Waals surface area (Å²) in [5.41, 5.74) is 0.685. The van der Waals surface area contributed by atoms with Gasteiger partial charge in [-0.15, -0.1) is 11.3 Å². The Kier molecular flexibility index (Phi) is 6.66. The molecule has 0 amide bonds. The number of carbonyl (C=O) groups is 1. The van der Waals surface area contributed by atoms with Crippen molar-refractivity contribution in [2.45, 2.75) is 22.8 Å². The Balaban J connectivity index is 1.50. The largest absolute Gasteiger partial charge is 0.480 e. The smallest absolute Gasteiger partial charge is 0.416 e. The van der Waals surface area contributed by atoms with Gasteiger partial charge < -0.3 is 10.1 Å². The van der Waals surface area contributed by atoms with Crippen molar-refractivity contribution in [3.63, 3.8) is 0 Å². The van der Waals surface area contributed by atoms with E-state index in [1.54, 1.807) is 24.5 Å². The van der Waals surface area contributed by atoms with Crippen LogP contribution in [0.25, 0.3) is 11.0 Å². The maximum atomic E-state index is 12.8. The van der Waals surface area contributed by atoms with Crippen molar-refractivity contribution < 1.29 is 31.5 Å². The van der Waals surface area contributed by atoms with Gasteiger partial charge in [0.25, 0.3) is 10.0 Å². The van der Waals surface area contributed by atoms with Crippen LogP contribution in [0.3, 0.4) is 0 Å². The molecule has 0 aliphatic rings. The number of carboxylic acids is 1. The summed E-state index contributed by atoms with van der Waals surface area (Å²) in [6.45, 7) is 0. The van der Waals surface area contributed by atoms with Gasteiger partial charge in [-0.1, -0.05) is 11.8 Å². The molecule has 0 spiro atoms. The Bertz CT molecular complexity index is 1550. The quantitative estimate of drug-likeness (QED) is 0.333. The molecule has 3 aromatic heterocycles. The van der Waals surface area contributed by atoms with E-state index in [0.717, 1.165) is 23.5 Å². The average Bonchev–Trinajstić information content (AvgIpc) is 3.45. The standard InChI is InChI=1S/C23H16F3N3O4S2/c24-23(25,26)16-6-3-14(4-7-16)5-8-17-9-10-20(34-17)35(32,33)29-19(22(30)31)12-15-13-28-21-18(15)2-1-11-27-21/h1-4,6-7,9-11,13,19,29H,12H2,(H,27,28)(H,30,31)/t19-/m0/s1. The molecule has 0 unspecified atom stereocenters. The van der Waals surface area contributed by atoms with E-state index in [1.165, 1.54) is 24.3 Å². The Labute approximate surface area is 201 Å². The molecule has 3 heterocycles. The number of rotatable bonds is 6. The first-order chi connectivity index (χ1) is 16.5. The lowest BCUT2D eigenvalue weighted by molar-refractivity contribution is -0.139. The molecule has 4 rings (SSSR count). The van der Waals surface area contributed by atoms with E-state index in [-0.39, 0.29) is 10.6 Å². The Hall–Kier alpha value is -3.66. The van der Waals surface area contributed by atoms with Crippen molar-refractivity contribution >= 4 is 38.4 Å². The summed E-state index contributed by atoms with van der Waals surface area (Å²) in [4.78, 5) is 19.2. The summed E-state index contributed by atoms with van der Waals surface area (Å²) < 4.78 is 65.7. The SMILES string of the molecule is O=C(O)[C@H](Cc1c[nH]c2ncccc12)NS(=O)(=O)c1ccc(C#Cc2ccc(C(F)(F)F)cc2)s1. The topological polar surface area (TPSA) is 112 Å². The summed E-state index contributed by atoms with van der Waals surface area (Å²) in [6, 6.07) is 9.02. The van der Waals surface area contributed by atoms with Gasteiger partial charge in [0.05, 0.1) is 10.4 Å². The number of sulfonamides is 1. The number of alkyl halides is 3. The van der Waals surface area contributed by atoms with Crippen molar-refractivity contribution in [2.24, 2.45) is 0 Å². The van der Waals surface area contributed by atoms with E-state index in [9.17, 15) is 31.5 Å². The third-order valence-corrected chi connectivity index (χ3v) is 7.91. The molecule has 4 aromatic rings.